The summed E-state index contributed by atoms with van der Waals surface area (Å²) in [6, 6.07) is 9.01. The smallest absolute Gasteiger partial charge is 0.239 e. The highest BCUT2D eigenvalue weighted by atomic mass is 32.2. The maximum Gasteiger partial charge on any atom is 0.239 e. The third kappa shape index (κ3) is 4.46. The Kier molecular flexibility index (Phi) is 6.23. The van der Waals surface area contributed by atoms with Gasteiger partial charge in [0, 0.05) is 43.7 Å². The highest BCUT2D eigenvalue weighted by Gasteiger charge is 2.71. The predicted octanol–water partition coefficient (Wildman–Crippen LogP) is 2.94. The summed E-state index contributed by atoms with van der Waals surface area (Å²) < 4.78 is 29.2. The minimum atomic E-state index is -1.14. The third-order valence-corrected chi connectivity index (χ3v) is 8.44. The Balaban J connectivity index is 1.46. The van der Waals surface area contributed by atoms with Crippen LogP contribution in [0.1, 0.15) is 42.1 Å². The average Bonchev–Trinajstić information content (AvgIpc) is 3.66. The molecule has 1 saturated carbocycles. The van der Waals surface area contributed by atoms with Crippen LogP contribution in [0.15, 0.2) is 41.5 Å². The molecule has 1 aromatic heterocycles. The number of nitriles is 1. The maximum atomic E-state index is 15.2. The van der Waals surface area contributed by atoms with E-state index in [-0.39, 0.29) is 40.6 Å². The lowest BCUT2D eigenvalue weighted by atomic mass is 9.84. The van der Waals surface area contributed by atoms with Crippen molar-refractivity contribution in [3.8, 4) is 6.07 Å². The summed E-state index contributed by atoms with van der Waals surface area (Å²) in [7, 11) is 0. The minimum Gasteiger partial charge on any atom is -0.378 e. The van der Waals surface area contributed by atoms with Crippen LogP contribution in [0.3, 0.4) is 0 Å². The molecule has 2 aromatic rings. The van der Waals surface area contributed by atoms with Crippen LogP contribution in [0.5, 0.6) is 0 Å². The number of amidine groups is 1. The molecule has 3 aliphatic rings. The van der Waals surface area contributed by atoms with Gasteiger partial charge in [0.25, 0.3) is 0 Å². The molecule has 3 heterocycles. The second-order valence-electron chi connectivity index (χ2n) is 9.51. The number of nitrogens with one attached hydrogen (secondary N) is 1. The summed E-state index contributed by atoms with van der Waals surface area (Å²) in [5.41, 5.74) is 6.02. The molecule has 11 heteroatoms. The lowest BCUT2D eigenvalue weighted by Crippen LogP contribution is -2.47. The lowest BCUT2D eigenvalue weighted by molar-refractivity contribution is -0.131. The van der Waals surface area contributed by atoms with Crippen LogP contribution in [0.25, 0.3) is 11.9 Å². The quantitative estimate of drug-likeness (QED) is 0.636. The number of amides is 2. The number of pyridine rings is 1. The zero-order valence-corrected chi connectivity index (χ0v) is 20.8. The number of nitrogens with zero attached hydrogens (tertiary/aromatic N) is 4. The summed E-state index contributed by atoms with van der Waals surface area (Å²) >= 11 is 1.20. The van der Waals surface area contributed by atoms with Crippen LogP contribution >= 0.6 is 11.8 Å². The number of aliphatic imine (C=N–C) groups is 1. The minimum absolute atomic E-state index is 0.0460. The Morgan fingerprint density at radius 1 is 1.35 bits per heavy atom. The van der Waals surface area contributed by atoms with Crippen molar-refractivity contribution in [2.75, 3.05) is 19.6 Å². The fourth-order valence-corrected chi connectivity index (χ4v) is 6.58. The van der Waals surface area contributed by atoms with Gasteiger partial charge in [-0.05, 0) is 49.2 Å². The topological polar surface area (TPSA) is 124 Å². The molecule has 2 amide bonds. The summed E-state index contributed by atoms with van der Waals surface area (Å²) in [6.45, 7) is 2.83. The second-order valence-corrected chi connectivity index (χ2v) is 10.9. The molecule has 1 aromatic carbocycles. The molecule has 0 unspecified atom stereocenters. The molecule has 1 saturated heterocycles. The molecule has 2 fully saturated rings. The van der Waals surface area contributed by atoms with Crippen molar-refractivity contribution in [3.63, 3.8) is 0 Å². The van der Waals surface area contributed by atoms with Crippen molar-refractivity contribution in [1.29, 1.82) is 5.26 Å². The Labute approximate surface area is 216 Å². The summed E-state index contributed by atoms with van der Waals surface area (Å²) in [6.07, 6.45) is 3.19. The fraction of sp³-hybridized carbons (Fsp3) is 0.346. The maximum absolute atomic E-state index is 15.2. The van der Waals surface area contributed by atoms with Gasteiger partial charge in [-0.2, -0.15) is 5.26 Å². The first-order valence-corrected chi connectivity index (χ1v) is 12.6. The van der Waals surface area contributed by atoms with E-state index in [2.05, 4.69) is 15.3 Å². The highest BCUT2D eigenvalue weighted by molar-refractivity contribution is 8.15. The summed E-state index contributed by atoms with van der Waals surface area (Å²) in [5, 5.41) is 11.9. The van der Waals surface area contributed by atoms with E-state index in [1.54, 1.807) is 11.8 Å². The van der Waals surface area contributed by atoms with E-state index in [0.717, 1.165) is 0 Å². The number of benzene rings is 1. The molecular weight excluding hydrogens is 498 g/mol. The van der Waals surface area contributed by atoms with Gasteiger partial charge >= 0.3 is 0 Å². The van der Waals surface area contributed by atoms with Crippen molar-refractivity contribution in [2.24, 2.45) is 16.6 Å². The monoisotopic (exact) mass is 522 g/mol. The normalized spacial score (nSPS) is 27.4. The molecular formula is C26H24F2N6O2S. The van der Waals surface area contributed by atoms with Crippen LogP contribution < -0.4 is 11.1 Å². The molecule has 1 aliphatic carbocycles. The van der Waals surface area contributed by atoms with Gasteiger partial charge < -0.3 is 16.0 Å². The van der Waals surface area contributed by atoms with E-state index in [4.69, 9.17) is 11.0 Å². The van der Waals surface area contributed by atoms with Crippen molar-refractivity contribution < 1.29 is 18.4 Å². The van der Waals surface area contributed by atoms with E-state index in [9.17, 15) is 14.0 Å². The van der Waals surface area contributed by atoms with Gasteiger partial charge in [0.05, 0.1) is 16.8 Å². The number of fused-ring (bicyclic) bond motifs is 1. The molecule has 8 nitrogen and oxygen atoms in total. The molecule has 3 N–H and O–H groups in total. The largest absolute Gasteiger partial charge is 0.378 e. The van der Waals surface area contributed by atoms with Gasteiger partial charge in [-0.1, -0.05) is 17.8 Å². The molecule has 3 atom stereocenters. The number of hydrogen-bond acceptors (Lipinski definition) is 7. The van der Waals surface area contributed by atoms with E-state index in [1.165, 1.54) is 54.4 Å². The zero-order valence-electron chi connectivity index (χ0n) is 20.0. The zero-order chi connectivity index (χ0) is 26.4. The molecule has 190 valence electrons. The number of carbonyl (C=O) groups excluding carboxylic acids is 2. The molecule has 37 heavy (non-hydrogen) atoms. The van der Waals surface area contributed by atoms with Crippen LogP contribution in [0.4, 0.5) is 8.78 Å². The number of nitrogens with two attached hydrogens (primary N) is 1. The summed E-state index contributed by atoms with van der Waals surface area (Å²) in [4.78, 5) is 35.6. The van der Waals surface area contributed by atoms with Gasteiger partial charge in [0.2, 0.25) is 11.8 Å². The van der Waals surface area contributed by atoms with E-state index in [0.29, 0.717) is 37.2 Å². The van der Waals surface area contributed by atoms with Crippen molar-refractivity contribution in [3.05, 3.63) is 64.7 Å². The molecule has 5 rings (SSSR count). The van der Waals surface area contributed by atoms with Crippen molar-refractivity contribution >= 4 is 40.6 Å². The SMILES string of the molecule is C[C@]1(c2cc(C=C(F)c3ccc(C#N)cn3)ccc2F)N=C(N)S[C@@]2(C(=O)N3CCNC(=O)CC3)C[C@H]21. The molecule has 0 radical (unpaired) electrons. The standard InChI is InChI=1S/C26H24F2N6O2S/c1-25(17-10-15(2-4-18(17)27)11-19(28)20-5-3-16(13-29)14-32-20)21-12-26(21,37-24(30)33-25)23(36)34-8-6-22(35)31-7-9-34/h2-5,10-11,14,21H,6-9,12H2,1H3,(H2,30,33)(H,31,35)/t21-,25+,26-/m0/s1. The Morgan fingerprint density at radius 3 is 2.89 bits per heavy atom. The van der Waals surface area contributed by atoms with Crippen LogP contribution in [0.2, 0.25) is 0 Å². The van der Waals surface area contributed by atoms with Crippen LogP contribution in [-0.2, 0) is 15.1 Å². The Morgan fingerprint density at radius 2 is 2.16 bits per heavy atom. The first-order chi connectivity index (χ1) is 17.7. The Bertz CT molecular complexity index is 1390. The number of hydrogen-bond donors (Lipinski definition) is 2. The number of carbonyl (C=O) groups is 2. The molecule has 2 aliphatic heterocycles. The van der Waals surface area contributed by atoms with Gasteiger partial charge in [-0.3, -0.25) is 19.6 Å². The number of halogens is 2. The fourth-order valence-electron chi connectivity index (χ4n) is 5.13. The van der Waals surface area contributed by atoms with Crippen LogP contribution in [0, 0.1) is 23.1 Å². The van der Waals surface area contributed by atoms with Gasteiger partial charge in [0.1, 0.15) is 22.5 Å². The number of thioether (sulfide) groups is 1. The Hall–Kier alpha value is -3.78. The van der Waals surface area contributed by atoms with E-state index >= 15 is 4.39 Å². The van der Waals surface area contributed by atoms with Crippen molar-refractivity contribution in [1.82, 2.24) is 15.2 Å². The van der Waals surface area contributed by atoms with Crippen LogP contribution in [-0.4, -0.2) is 51.2 Å². The summed E-state index contributed by atoms with van der Waals surface area (Å²) in [5.74, 6) is -1.72. The number of rotatable bonds is 4. The first kappa shape index (κ1) is 24.9. The van der Waals surface area contributed by atoms with Gasteiger partial charge in [0.15, 0.2) is 5.17 Å². The first-order valence-electron chi connectivity index (χ1n) is 11.8. The number of aromatic nitrogens is 1. The van der Waals surface area contributed by atoms with E-state index in [1.807, 2.05) is 6.07 Å². The highest BCUT2D eigenvalue weighted by Crippen LogP contribution is 2.66. The predicted molar refractivity (Wildman–Crippen MR) is 136 cm³/mol. The third-order valence-electron chi connectivity index (χ3n) is 7.15. The van der Waals surface area contributed by atoms with E-state index < -0.39 is 21.9 Å². The average molecular weight is 523 g/mol. The van der Waals surface area contributed by atoms with Gasteiger partial charge in [-0.25, -0.2) is 8.78 Å². The van der Waals surface area contributed by atoms with Gasteiger partial charge in [-0.15, -0.1) is 0 Å². The van der Waals surface area contributed by atoms with Crippen molar-refractivity contribution in [2.45, 2.75) is 30.1 Å². The lowest BCUT2D eigenvalue weighted by Gasteiger charge is -2.35. The second kappa shape index (κ2) is 9.27. The molecule has 0 bridgehead atoms. The molecule has 0 spiro atoms.